The average Bonchev–Trinajstić information content (AvgIpc) is 2.85. The van der Waals surface area contributed by atoms with Gasteiger partial charge in [0.05, 0.1) is 4.90 Å². The minimum Gasteiger partial charge on any atom is -0.363 e. The maximum atomic E-state index is 12.7. The van der Waals surface area contributed by atoms with Crippen LogP contribution in [0, 0.1) is 5.92 Å². The summed E-state index contributed by atoms with van der Waals surface area (Å²) in [7, 11) is -3.43. The highest BCUT2D eigenvalue weighted by molar-refractivity contribution is 7.89. The van der Waals surface area contributed by atoms with Crippen molar-refractivity contribution in [2.24, 2.45) is 5.92 Å². The first-order valence-corrected chi connectivity index (χ1v) is 9.12. The molecule has 6 heteroatoms. The van der Waals surface area contributed by atoms with Crippen molar-refractivity contribution in [1.29, 1.82) is 0 Å². The van der Waals surface area contributed by atoms with E-state index in [0.717, 1.165) is 18.7 Å². The van der Waals surface area contributed by atoms with Crippen LogP contribution in [0.5, 0.6) is 0 Å². The molecule has 5 nitrogen and oxygen atoms in total. The molecule has 0 radical (unpaired) electrons. The maximum absolute atomic E-state index is 12.7. The molecule has 0 atom stereocenters. The van der Waals surface area contributed by atoms with E-state index in [2.05, 4.69) is 17.2 Å². The molecule has 0 amide bonds. The van der Waals surface area contributed by atoms with E-state index < -0.39 is 10.0 Å². The number of sulfonamides is 1. The van der Waals surface area contributed by atoms with E-state index >= 15 is 0 Å². The van der Waals surface area contributed by atoms with Gasteiger partial charge in [0.1, 0.15) is 0 Å². The summed E-state index contributed by atoms with van der Waals surface area (Å²) in [5.74, 6) is 0.298. The van der Waals surface area contributed by atoms with Crippen LogP contribution < -0.4 is 5.32 Å². The topological polar surface area (TPSA) is 65.2 Å². The van der Waals surface area contributed by atoms with Gasteiger partial charge in [0.15, 0.2) is 0 Å². The Kier molecular flexibility index (Phi) is 6.90. The summed E-state index contributed by atoms with van der Waals surface area (Å²) in [5.41, 5.74) is 0.898. The van der Waals surface area contributed by atoms with E-state index in [4.69, 9.17) is 0 Å². The number of hydrogen-bond acceptors (Lipinski definition) is 3. The van der Waals surface area contributed by atoms with Crippen LogP contribution >= 0.6 is 0 Å². The number of hydrogen-bond donors (Lipinski definition) is 2. The number of aromatic amines is 1. The van der Waals surface area contributed by atoms with Gasteiger partial charge < -0.3 is 10.3 Å². The van der Waals surface area contributed by atoms with Crippen molar-refractivity contribution < 1.29 is 8.42 Å². The van der Waals surface area contributed by atoms with Crippen molar-refractivity contribution in [3.63, 3.8) is 0 Å². The van der Waals surface area contributed by atoms with E-state index in [0.29, 0.717) is 23.9 Å². The highest BCUT2D eigenvalue weighted by Crippen LogP contribution is 2.20. The third-order valence-corrected chi connectivity index (χ3v) is 5.21. The van der Waals surface area contributed by atoms with Crippen molar-refractivity contribution in [2.45, 2.75) is 58.5 Å². The number of H-pyrrole nitrogens is 1. The maximum Gasteiger partial charge on any atom is 0.244 e. The van der Waals surface area contributed by atoms with Crippen LogP contribution in [0.25, 0.3) is 0 Å². The number of nitrogens with zero attached hydrogens (tertiary/aromatic N) is 1. The zero-order valence-electron chi connectivity index (χ0n) is 13.8. The van der Waals surface area contributed by atoms with Gasteiger partial charge in [-0.25, -0.2) is 8.42 Å². The molecule has 122 valence electrons. The van der Waals surface area contributed by atoms with E-state index in [-0.39, 0.29) is 6.04 Å². The zero-order valence-corrected chi connectivity index (χ0v) is 14.6. The molecule has 0 aliphatic heterocycles. The van der Waals surface area contributed by atoms with Crippen LogP contribution in [0.2, 0.25) is 0 Å². The van der Waals surface area contributed by atoms with Crippen LogP contribution in [-0.2, 0) is 16.6 Å². The Morgan fingerprint density at radius 2 is 1.95 bits per heavy atom. The summed E-state index contributed by atoms with van der Waals surface area (Å²) < 4.78 is 27.0. The van der Waals surface area contributed by atoms with Gasteiger partial charge in [0, 0.05) is 31.0 Å². The first-order valence-electron chi connectivity index (χ1n) is 7.68. The van der Waals surface area contributed by atoms with Gasteiger partial charge in [-0.3, -0.25) is 0 Å². The third kappa shape index (κ3) is 5.13. The van der Waals surface area contributed by atoms with Gasteiger partial charge in [-0.1, -0.05) is 20.8 Å². The highest BCUT2D eigenvalue weighted by atomic mass is 32.2. The van der Waals surface area contributed by atoms with Gasteiger partial charge in [-0.05, 0) is 38.8 Å². The summed E-state index contributed by atoms with van der Waals surface area (Å²) in [6.07, 6.45) is 2.65. The Balaban J connectivity index is 2.90. The van der Waals surface area contributed by atoms with Crippen LogP contribution in [0.3, 0.4) is 0 Å². The van der Waals surface area contributed by atoms with E-state index in [9.17, 15) is 8.42 Å². The third-order valence-electron chi connectivity index (χ3n) is 3.19. The van der Waals surface area contributed by atoms with Crippen LogP contribution in [0.1, 0.15) is 46.7 Å². The van der Waals surface area contributed by atoms with Crippen molar-refractivity contribution >= 4 is 10.0 Å². The molecule has 1 aromatic heterocycles. The summed E-state index contributed by atoms with van der Waals surface area (Å²) in [5, 5.41) is 3.26. The quantitative estimate of drug-likeness (QED) is 0.688. The first kappa shape index (κ1) is 18.2. The van der Waals surface area contributed by atoms with Gasteiger partial charge in [0.2, 0.25) is 10.0 Å². The second-order valence-corrected chi connectivity index (χ2v) is 7.99. The fraction of sp³-hybridized carbons (Fsp3) is 0.733. The molecule has 0 bridgehead atoms. The minimum atomic E-state index is -3.43. The Hall–Kier alpha value is -0.850. The Bertz CT molecular complexity index is 521. The Morgan fingerprint density at radius 1 is 1.29 bits per heavy atom. The molecule has 0 aliphatic rings. The molecule has 0 aromatic carbocycles. The molecule has 0 saturated carbocycles. The number of aromatic nitrogens is 1. The summed E-state index contributed by atoms with van der Waals surface area (Å²) in [6.45, 7) is 12.1. The summed E-state index contributed by atoms with van der Waals surface area (Å²) in [6, 6.07) is 1.68. The fourth-order valence-electron chi connectivity index (χ4n) is 2.15. The molecule has 1 rings (SSSR count). The van der Waals surface area contributed by atoms with Crippen molar-refractivity contribution in [2.75, 3.05) is 13.1 Å². The molecule has 0 fully saturated rings. The monoisotopic (exact) mass is 315 g/mol. The van der Waals surface area contributed by atoms with Crippen molar-refractivity contribution in [1.82, 2.24) is 14.6 Å². The smallest absolute Gasteiger partial charge is 0.244 e. The fourth-order valence-corrected chi connectivity index (χ4v) is 3.97. The van der Waals surface area contributed by atoms with Gasteiger partial charge in [-0.2, -0.15) is 4.31 Å². The molecule has 0 aliphatic carbocycles. The van der Waals surface area contributed by atoms with Crippen molar-refractivity contribution in [3.8, 4) is 0 Å². The zero-order chi connectivity index (χ0) is 16.0. The van der Waals surface area contributed by atoms with E-state index in [1.165, 1.54) is 0 Å². The normalized spacial score (nSPS) is 12.8. The van der Waals surface area contributed by atoms with Crippen LogP contribution in [0.15, 0.2) is 17.2 Å². The molecule has 1 aromatic rings. The average molecular weight is 315 g/mol. The van der Waals surface area contributed by atoms with Gasteiger partial charge in [-0.15, -0.1) is 0 Å². The van der Waals surface area contributed by atoms with Crippen LogP contribution in [-0.4, -0.2) is 36.8 Å². The lowest BCUT2D eigenvalue weighted by atomic mass is 10.2. The molecule has 0 saturated heterocycles. The summed E-state index contributed by atoms with van der Waals surface area (Å²) >= 11 is 0. The molecule has 0 spiro atoms. The standard InChI is InChI=1S/C15H29N3O2S/c1-6-7-16-9-14-8-15(10-17-14)21(19,20)18(13(4)5)11-12(2)3/h8,10,12-13,16-17H,6-7,9,11H2,1-5H3. The predicted molar refractivity (Wildman–Crippen MR) is 86.7 cm³/mol. The molecular weight excluding hydrogens is 286 g/mol. The minimum absolute atomic E-state index is 0.0473. The van der Waals surface area contributed by atoms with E-state index in [1.807, 2.05) is 27.7 Å². The summed E-state index contributed by atoms with van der Waals surface area (Å²) in [4.78, 5) is 3.40. The molecule has 0 unspecified atom stereocenters. The molecular formula is C15H29N3O2S. The Morgan fingerprint density at radius 3 is 2.48 bits per heavy atom. The molecule has 1 heterocycles. The number of nitrogens with one attached hydrogen (secondary N) is 2. The lowest BCUT2D eigenvalue weighted by Crippen LogP contribution is -2.39. The molecule has 21 heavy (non-hydrogen) atoms. The van der Waals surface area contributed by atoms with Gasteiger partial charge in [0.25, 0.3) is 0 Å². The SMILES string of the molecule is CCCNCc1cc(S(=O)(=O)N(CC(C)C)C(C)C)c[nH]1. The first-order chi connectivity index (χ1) is 9.78. The van der Waals surface area contributed by atoms with Crippen LogP contribution in [0.4, 0.5) is 0 Å². The highest BCUT2D eigenvalue weighted by Gasteiger charge is 2.28. The second kappa shape index (κ2) is 7.96. The second-order valence-electron chi connectivity index (χ2n) is 6.10. The predicted octanol–water partition coefficient (Wildman–Crippen LogP) is 2.57. The largest absolute Gasteiger partial charge is 0.363 e. The van der Waals surface area contributed by atoms with Crippen molar-refractivity contribution in [3.05, 3.63) is 18.0 Å². The van der Waals surface area contributed by atoms with Gasteiger partial charge >= 0.3 is 0 Å². The van der Waals surface area contributed by atoms with E-state index in [1.54, 1.807) is 16.6 Å². The number of rotatable bonds is 9. The lowest BCUT2D eigenvalue weighted by Gasteiger charge is -2.27. The lowest BCUT2D eigenvalue weighted by molar-refractivity contribution is 0.319. The Labute approximate surface area is 129 Å². The molecule has 2 N–H and O–H groups in total.